The van der Waals surface area contributed by atoms with Crippen molar-refractivity contribution in [3.63, 3.8) is 0 Å². The predicted molar refractivity (Wildman–Crippen MR) is 103 cm³/mol. The number of hydrogen-bond acceptors (Lipinski definition) is 3. The Morgan fingerprint density at radius 3 is 2.70 bits per heavy atom. The van der Waals surface area contributed by atoms with Crippen molar-refractivity contribution in [2.75, 3.05) is 25.0 Å². The topological polar surface area (TPSA) is 58.4 Å². The zero-order chi connectivity index (χ0) is 18.8. The molecule has 0 bridgehead atoms. The van der Waals surface area contributed by atoms with Crippen molar-refractivity contribution in [1.29, 1.82) is 0 Å². The molecule has 2 amide bonds. The molecule has 3 heterocycles. The number of aryl methyl sites for hydroxylation is 1. The summed E-state index contributed by atoms with van der Waals surface area (Å²) in [5.41, 5.74) is 1.84. The monoisotopic (exact) mass is 366 g/mol. The lowest BCUT2D eigenvalue weighted by Gasteiger charge is -2.37. The summed E-state index contributed by atoms with van der Waals surface area (Å²) >= 11 is 0. The van der Waals surface area contributed by atoms with Crippen molar-refractivity contribution < 1.29 is 9.59 Å². The number of aromatic nitrogens is 2. The molecule has 1 atom stereocenters. The number of piperidine rings is 1. The van der Waals surface area contributed by atoms with Gasteiger partial charge in [0, 0.05) is 51.2 Å². The van der Waals surface area contributed by atoms with E-state index in [2.05, 4.69) is 5.10 Å². The molecule has 6 nitrogen and oxygen atoms in total. The summed E-state index contributed by atoms with van der Waals surface area (Å²) in [4.78, 5) is 29.1. The number of carbonyl (C=O) groups is 2. The molecule has 0 N–H and O–H groups in total. The van der Waals surface area contributed by atoms with E-state index in [9.17, 15) is 9.59 Å². The van der Waals surface area contributed by atoms with Crippen molar-refractivity contribution in [3.8, 4) is 0 Å². The van der Waals surface area contributed by atoms with Gasteiger partial charge in [-0.25, -0.2) is 0 Å². The third kappa shape index (κ3) is 3.61. The fourth-order valence-corrected chi connectivity index (χ4v) is 4.27. The number of anilines is 1. The predicted octanol–water partition coefficient (Wildman–Crippen LogP) is 2.66. The molecule has 6 heteroatoms. The second kappa shape index (κ2) is 7.55. The maximum atomic E-state index is 13.2. The van der Waals surface area contributed by atoms with Crippen LogP contribution in [0.4, 0.5) is 5.69 Å². The molecule has 0 radical (unpaired) electrons. The first-order valence-corrected chi connectivity index (χ1v) is 9.75. The van der Waals surface area contributed by atoms with E-state index in [1.807, 2.05) is 52.3 Å². The molecule has 0 unspecified atom stereocenters. The summed E-state index contributed by atoms with van der Waals surface area (Å²) in [5.74, 6) is 0.408. The molecule has 2 aliphatic heterocycles. The molecular formula is C21H26N4O2. The van der Waals surface area contributed by atoms with Crippen LogP contribution in [-0.2, 0) is 16.1 Å². The van der Waals surface area contributed by atoms with E-state index in [1.165, 1.54) is 0 Å². The third-order valence-electron chi connectivity index (χ3n) is 5.98. The minimum atomic E-state index is -0.342. The number of para-hydroxylation sites is 1. The lowest BCUT2D eigenvalue weighted by atomic mass is 9.87. The largest absolute Gasteiger partial charge is 0.342 e. The van der Waals surface area contributed by atoms with E-state index >= 15 is 0 Å². The maximum absolute atomic E-state index is 13.2. The van der Waals surface area contributed by atoms with Crippen LogP contribution in [0.2, 0.25) is 0 Å². The fourth-order valence-electron chi connectivity index (χ4n) is 4.27. The number of benzene rings is 1. The van der Waals surface area contributed by atoms with Crippen molar-refractivity contribution in [3.05, 3.63) is 48.3 Å². The summed E-state index contributed by atoms with van der Waals surface area (Å²) in [6.07, 6.45) is 7.21. The van der Waals surface area contributed by atoms with Gasteiger partial charge in [0.25, 0.3) is 0 Å². The van der Waals surface area contributed by atoms with E-state index in [-0.39, 0.29) is 24.2 Å². The van der Waals surface area contributed by atoms with Crippen molar-refractivity contribution in [1.82, 2.24) is 14.7 Å². The highest BCUT2D eigenvalue weighted by Crippen LogP contribution is 2.37. The number of carbonyl (C=O) groups excluding carboxylic acids is 2. The minimum absolute atomic E-state index is 0.0150. The molecule has 1 aromatic carbocycles. The van der Waals surface area contributed by atoms with Crippen LogP contribution in [0, 0.1) is 5.92 Å². The van der Waals surface area contributed by atoms with Crippen LogP contribution < -0.4 is 4.90 Å². The minimum Gasteiger partial charge on any atom is -0.342 e. The van der Waals surface area contributed by atoms with Crippen LogP contribution in [-0.4, -0.2) is 46.6 Å². The summed E-state index contributed by atoms with van der Waals surface area (Å²) in [5, 5.41) is 4.26. The second-order valence-electron chi connectivity index (χ2n) is 7.59. The summed E-state index contributed by atoms with van der Waals surface area (Å²) < 4.78 is 1.97. The number of fused-ring (bicyclic) bond motifs is 1. The Balaban J connectivity index is 1.38. The lowest BCUT2D eigenvalue weighted by Crippen LogP contribution is -2.44. The molecule has 0 saturated carbocycles. The first-order valence-electron chi connectivity index (χ1n) is 9.75. The van der Waals surface area contributed by atoms with Crippen LogP contribution in [0.1, 0.15) is 37.2 Å². The normalized spacial score (nSPS) is 20.6. The van der Waals surface area contributed by atoms with Gasteiger partial charge in [-0.05, 0) is 42.9 Å². The molecule has 4 rings (SSSR count). The van der Waals surface area contributed by atoms with Gasteiger partial charge in [-0.2, -0.15) is 5.10 Å². The Hall–Kier alpha value is -2.63. The van der Waals surface area contributed by atoms with Gasteiger partial charge in [-0.1, -0.05) is 18.2 Å². The average Bonchev–Trinajstić information content (AvgIpc) is 3.23. The number of nitrogens with zero attached hydrogens (tertiary/aromatic N) is 4. The zero-order valence-corrected chi connectivity index (χ0v) is 15.8. The van der Waals surface area contributed by atoms with E-state index in [1.54, 1.807) is 11.9 Å². The van der Waals surface area contributed by atoms with Crippen LogP contribution in [0.25, 0.3) is 0 Å². The Labute approximate surface area is 159 Å². The molecule has 1 saturated heterocycles. The van der Waals surface area contributed by atoms with E-state index < -0.39 is 0 Å². The number of likely N-dealkylation sites (tertiary alicyclic amines) is 1. The lowest BCUT2D eigenvalue weighted by molar-refractivity contribution is -0.136. The van der Waals surface area contributed by atoms with Gasteiger partial charge < -0.3 is 9.80 Å². The number of amides is 2. The Kier molecular flexibility index (Phi) is 4.97. The van der Waals surface area contributed by atoms with Gasteiger partial charge in [0.05, 0.1) is 5.92 Å². The van der Waals surface area contributed by atoms with E-state index in [0.29, 0.717) is 5.92 Å². The van der Waals surface area contributed by atoms with Gasteiger partial charge in [0.2, 0.25) is 11.8 Å². The Morgan fingerprint density at radius 1 is 1.19 bits per heavy atom. The Bertz CT molecular complexity index is 809. The summed E-state index contributed by atoms with van der Waals surface area (Å²) in [6, 6.07) is 9.72. The molecule has 0 aliphatic carbocycles. The maximum Gasteiger partial charge on any atom is 0.230 e. The van der Waals surface area contributed by atoms with Crippen LogP contribution in [0.3, 0.4) is 0 Å². The molecule has 2 aromatic rings. The van der Waals surface area contributed by atoms with Gasteiger partial charge >= 0.3 is 0 Å². The molecule has 142 valence electrons. The van der Waals surface area contributed by atoms with Gasteiger partial charge in [-0.3, -0.25) is 14.3 Å². The Morgan fingerprint density at radius 2 is 1.96 bits per heavy atom. The third-order valence-corrected chi connectivity index (χ3v) is 5.98. The van der Waals surface area contributed by atoms with E-state index in [0.717, 1.165) is 50.1 Å². The SMILES string of the molecule is CN1C(=O)C[C@@H](C(=O)N2CCC(CCn3cccn3)CC2)c2ccccc21. The molecule has 0 spiro atoms. The smallest absolute Gasteiger partial charge is 0.230 e. The second-order valence-corrected chi connectivity index (χ2v) is 7.59. The van der Waals surface area contributed by atoms with Gasteiger partial charge in [0.15, 0.2) is 0 Å². The summed E-state index contributed by atoms with van der Waals surface area (Å²) in [6.45, 7) is 2.50. The zero-order valence-electron chi connectivity index (χ0n) is 15.8. The molecule has 27 heavy (non-hydrogen) atoms. The van der Waals surface area contributed by atoms with Crippen LogP contribution in [0.5, 0.6) is 0 Å². The highest BCUT2D eigenvalue weighted by molar-refractivity contribution is 6.02. The summed E-state index contributed by atoms with van der Waals surface area (Å²) in [7, 11) is 1.78. The number of rotatable bonds is 4. The molecule has 2 aliphatic rings. The highest BCUT2D eigenvalue weighted by Gasteiger charge is 2.36. The first-order chi connectivity index (χ1) is 13.1. The standard InChI is InChI=1S/C21H26N4O2/c1-23-19-6-3-2-5-17(19)18(15-20(23)26)21(27)24-12-7-16(8-13-24)9-14-25-11-4-10-22-25/h2-6,10-11,16,18H,7-9,12-15H2,1H3/t18-/m1/s1. The van der Waals surface area contributed by atoms with Crippen molar-refractivity contribution in [2.45, 2.75) is 38.1 Å². The van der Waals surface area contributed by atoms with Crippen LogP contribution in [0.15, 0.2) is 42.7 Å². The molecule has 1 aromatic heterocycles. The van der Waals surface area contributed by atoms with Gasteiger partial charge in [-0.15, -0.1) is 0 Å². The van der Waals surface area contributed by atoms with Gasteiger partial charge in [0.1, 0.15) is 0 Å². The number of hydrogen-bond donors (Lipinski definition) is 0. The van der Waals surface area contributed by atoms with Crippen LogP contribution >= 0.6 is 0 Å². The first kappa shape index (κ1) is 17.8. The quantitative estimate of drug-likeness (QED) is 0.836. The van der Waals surface area contributed by atoms with Crippen molar-refractivity contribution in [2.24, 2.45) is 5.92 Å². The van der Waals surface area contributed by atoms with Crippen molar-refractivity contribution >= 4 is 17.5 Å². The highest BCUT2D eigenvalue weighted by atomic mass is 16.2. The molecular weight excluding hydrogens is 340 g/mol. The average molecular weight is 366 g/mol. The van der Waals surface area contributed by atoms with E-state index in [4.69, 9.17) is 0 Å². The molecule has 1 fully saturated rings. The fraction of sp³-hybridized carbons (Fsp3) is 0.476.